The zero-order chi connectivity index (χ0) is 25.1. The van der Waals surface area contributed by atoms with Crippen molar-refractivity contribution in [1.29, 1.82) is 0 Å². The Morgan fingerprint density at radius 2 is 0.947 bits per heavy atom. The third kappa shape index (κ3) is 3.02. The Kier molecular flexibility index (Phi) is 4.45. The molecule has 178 valence electrons. The highest BCUT2D eigenvalue weighted by atomic mass is 15.0. The summed E-state index contributed by atoms with van der Waals surface area (Å²) in [6, 6.07) is 34.2. The average Bonchev–Trinajstić information content (AvgIpc) is 3.51. The molecule has 0 amide bonds. The standard InChI is InChI=1S/C33H21N5/c1-2-5-29-26(4-1)33-32(6-3-17-36-33)38(29)25-13-9-23(10-14-25)22-7-11-24(12-8-22)37-30-15-18-34-20-27(30)28-21-35-19-16-31(28)37/h1-21H. The van der Waals surface area contributed by atoms with Crippen molar-refractivity contribution in [2.45, 2.75) is 0 Å². The maximum absolute atomic E-state index is 4.66. The largest absolute Gasteiger partial charge is 0.309 e. The number of hydrogen-bond donors (Lipinski definition) is 0. The van der Waals surface area contributed by atoms with Crippen LogP contribution in [0.1, 0.15) is 0 Å². The van der Waals surface area contributed by atoms with Crippen molar-refractivity contribution in [1.82, 2.24) is 24.1 Å². The van der Waals surface area contributed by atoms with Gasteiger partial charge in [-0.1, -0.05) is 42.5 Å². The number of para-hydroxylation sites is 1. The van der Waals surface area contributed by atoms with E-state index in [-0.39, 0.29) is 0 Å². The summed E-state index contributed by atoms with van der Waals surface area (Å²) < 4.78 is 4.56. The molecule has 0 saturated heterocycles. The zero-order valence-electron chi connectivity index (χ0n) is 20.4. The minimum atomic E-state index is 1.03. The van der Waals surface area contributed by atoms with Gasteiger partial charge in [0.15, 0.2) is 0 Å². The van der Waals surface area contributed by atoms with Gasteiger partial charge in [0.05, 0.1) is 27.6 Å². The monoisotopic (exact) mass is 487 g/mol. The van der Waals surface area contributed by atoms with Gasteiger partial charge in [-0.05, 0) is 65.7 Å². The summed E-state index contributed by atoms with van der Waals surface area (Å²) in [5.41, 5.74) is 10.1. The van der Waals surface area contributed by atoms with Crippen LogP contribution in [0, 0.1) is 0 Å². The van der Waals surface area contributed by atoms with E-state index in [1.807, 2.05) is 37.1 Å². The molecule has 0 bridgehead atoms. The second-order valence-corrected chi connectivity index (χ2v) is 9.44. The van der Waals surface area contributed by atoms with E-state index < -0.39 is 0 Å². The summed E-state index contributed by atoms with van der Waals surface area (Å²) in [7, 11) is 0. The second-order valence-electron chi connectivity index (χ2n) is 9.44. The molecule has 8 rings (SSSR count). The fourth-order valence-electron chi connectivity index (χ4n) is 5.65. The number of benzene rings is 3. The van der Waals surface area contributed by atoms with Gasteiger partial charge in [-0.15, -0.1) is 0 Å². The van der Waals surface area contributed by atoms with Crippen molar-refractivity contribution in [3.63, 3.8) is 0 Å². The maximum atomic E-state index is 4.66. The molecule has 0 spiro atoms. The lowest BCUT2D eigenvalue weighted by molar-refractivity contribution is 1.17. The van der Waals surface area contributed by atoms with Crippen LogP contribution in [0.5, 0.6) is 0 Å². The van der Waals surface area contributed by atoms with Gasteiger partial charge in [0.2, 0.25) is 0 Å². The molecule has 5 heterocycles. The molecule has 0 radical (unpaired) electrons. The van der Waals surface area contributed by atoms with Crippen LogP contribution >= 0.6 is 0 Å². The van der Waals surface area contributed by atoms with E-state index in [9.17, 15) is 0 Å². The lowest BCUT2D eigenvalue weighted by atomic mass is 10.0. The van der Waals surface area contributed by atoms with E-state index in [2.05, 4.69) is 115 Å². The zero-order valence-corrected chi connectivity index (χ0v) is 20.4. The molecular weight excluding hydrogens is 466 g/mol. The maximum Gasteiger partial charge on any atom is 0.0963 e. The molecule has 0 unspecified atom stereocenters. The summed E-state index contributed by atoms with van der Waals surface area (Å²) in [5.74, 6) is 0. The number of hydrogen-bond acceptors (Lipinski definition) is 3. The number of nitrogens with zero attached hydrogens (tertiary/aromatic N) is 5. The number of rotatable bonds is 3. The molecule has 5 heteroatoms. The lowest BCUT2D eigenvalue weighted by Gasteiger charge is -2.11. The van der Waals surface area contributed by atoms with Crippen molar-refractivity contribution in [3.8, 4) is 22.5 Å². The van der Waals surface area contributed by atoms with Gasteiger partial charge in [-0.25, -0.2) is 0 Å². The molecular formula is C33H21N5. The van der Waals surface area contributed by atoms with Crippen molar-refractivity contribution in [2.24, 2.45) is 0 Å². The van der Waals surface area contributed by atoms with Gasteiger partial charge < -0.3 is 9.13 Å². The van der Waals surface area contributed by atoms with Crippen molar-refractivity contribution < 1.29 is 0 Å². The van der Waals surface area contributed by atoms with Crippen molar-refractivity contribution in [2.75, 3.05) is 0 Å². The molecule has 0 atom stereocenters. The minimum Gasteiger partial charge on any atom is -0.309 e. The van der Waals surface area contributed by atoms with Crippen molar-refractivity contribution in [3.05, 3.63) is 128 Å². The summed E-state index contributed by atoms with van der Waals surface area (Å²) in [6.45, 7) is 0. The van der Waals surface area contributed by atoms with Crippen LogP contribution in [-0.4, -0.2) is 24.1 Å². The van der Waals surface area contributed by atoms with E-state index >= 15 is 0 Å². The van der Waals surface area contributed by atoms with Crippen LogP contribution in [0.15, 0.2) is 128 Å². The number of aromatic nitrogens is 5. The summed E-state index contributed by atoms with van der Waals surface area (Å²) in [4.78, 5) is 13.3. The summed E-state index contributed by atoms with van der Waals surface area (Å²) >= 11 is 0. The minimum absolute atomic E-state index is 1.03. The summed E-state index contributed by atoms with van der Waals surface area (Å²) in [6.07, 6.45) is 9.37. The normalized spacial score (nSPS) is 11.7. The Morgan fingerprint density at radius 1 is 0.421 bits per heavy atom. The number of pyridine rings is 3. The summed E-state index contributed by atoms with van der Waals surface area (Å²) in [5, 5.41) is 3.38. The highest BCUT2D eigenvalue weighted by Gasteiger charge is 2.14. The molecule has 5 aromatic heterocycles. The van der Waals surface area contributed by atoms with Crippen LogP contribution in [-0.2, 0) is 0 Å². The van der Waals surface area contributed by atoms with Crippen LogP contribution in [0.2, 0.25) is 0 Å². The fourth-order valence-corrected chi connectivity index (χ4v) is 5.65. The molecule has 5 nitrogen and oxygen atoms in total. The van der Waals surface area contributed by atoms with Crippen LogP contribution < -0.4 is 0 Å². The van der Waals surface area contributed by atoms with Gasteiger partial charge in [-0.3, -0.25) is 15.0 Å². The van der Waals surface area contributed by atoms with E-state index in [1.54, 1.807) is 0 Å². The van der Waals surface area contributed by atoms with Crippen LogP contribution in [0.3, 0.4) is 0 Å². The molecule has 3 aromatic carbocycles. The average molecular weight is 488 g/mol. The van der Waals surface area contributed by atoms with Gasteiger partial charge in [0, 0.05) is 58.5 Å². The van der Waals surface area contributed by atoms with Gasteiger partial charge in [0.1, 0.15) is 0 Å². The highest BCUT2D eigenvalue weighted by molar-refractivity contribution is 6.08. The molecule has 0 aliphatic carbocycles. The lowest BCUT2D eigenvalue weighted by Crippen LogP contribution is -1.95. The van der Waals surface area contributed by atoms with E-state index in [0.717, 1.165) is 49.7 Å². The quantitative estimate of drug-likeness (QED) is 0.256. The second kappa shape index (κ2) is 8.11. The third-order valence-corrected chi connectivity index (χ3v) is 7.38. The molecule has 0 aliphatic heterocycles. The molecule has 0 fully saturated rings. The van der Waals surface area contributed by atoms with Gasteiger partial charge in [-0.2, -0.15) is 0 Å². The first-order valence-corrected chi connectivity index (χ1v) is 12.6. The first kappa shape index (κ1) is 20.9. The Hall–Kier alpha value is -5.29. The van der Waals surface area contributed by atoms with Crippen molar-refractivity contribution >= 4 is 43.7 Å². The topological polar surface area (TPSA) is 48.5 Å². The smallest absolute Gasteiger partial charge is 0.0963 e. The molecule has 0 saturated carbocycles. The molecule has 0 aliphatic rings. The first-order valence-electron chi connectivity index (χ1n) is 12.6. The van der Waals surface area contributed by atoms with Crippen LogP contribution in [0.25, 0.3) is 66.2 Å². The van der Waals surface area contributed by atoms with E-state index in [0.29, 0.717) is 0 Å². The first-order chi connectivity index (χ1) is 18.9. The van der Waals surface area contributed by atoms with Crippen LogP contribution in [0.4, 0.5) is 0 Å². The highest BCUT2D eigenvalue weighted by Crippen LogP contribution is 2.33. The SMILES string of the molecule is c1ccc2c(c1)c1ncccc1n2-c1ccc(-c2ccc(-n3c4ccncc4c4cnccc43)cc2)cc1. The Morgan fingerprint density at radius 3 is 1.58 bits per heavy atom. The van der Waals surface area contributed by atoms with E-state index in [4.69, 9.17) is 0 Å². The number of fused-ring (bicyclic) bond motifs is 6. The molecule has 8 aromatic rings. The predicted molar refractivity (Wildman–Crippen MR) is 154 cm³/mol. The fraction of sp³-hybridized carbons (Fsp3) is 0. The molecule has 0 N–H and O–H groups in total. The van der Waals surface area contributed by atoms with E-state index in [1.165, 1.54) is 16.5 Å². The van der Waals surface area contributed by atoms with Gasteiger partial charge >= 0.3 is 0 Å². The van der Waals surface area contributed by atoms with Gasteiger partial charge in [0.25, 0.3) is 0 Å². The third-order valence-electron chi connectivity index (χ3n) is 7.38. The Balaban J connectivity index is 1.20. The Bertz CT molecular complexity index is 1850. The Labute approximate surface area is 218 Å². The molecule has 38 heavy (non-hydrogen) atoms. The predicted octanol–water partition coefficient (Wildman–Crippen LogP) is 7.73.